The minimum absolute atomic E-state index is 0.0977. The maximum absolute atomic E-state index is 13.0. The molecule has 33 heavy (non-hydrogen) atoms. The Morgan fingerprint density at radius 1 is 1.06 bits per heavy atom. The Hall–Kier alpha value is -3.85. The van der Waals surface area contributed by atoms with E-state index in [0.29, 0.717) is 28.8 Å². The monoisotopic (exact) mass is 447 g/mol. The van der Waals surface area contributed by atoms with E-state index in [4.69, 9.17) is 9.72 Å². The number of nitrogens with one attached hydrogen (secondary N) is 2. The molecule has 1 aliphatic rings. The minimum atomic E-state index is -0.0977. The number of aromatic nitrogens is 2. The Labute approximate surface area is 194 Å². The molecule has 2 aromatic carbocycles. The Morgan fingerprint density at radius 2 is 1.85 bits per heavy atom. The number of fused-ring (bicyclic) bond motifs is 2. The molecule has 0 radical (unpaired) electrons. The number of carbonyl (C=O) groups excluding carboxylic acids is 1. The van der Waals surface area contributed by atoms with Crippen LogP contribution < -0.4 is 25.2 Å². The number of ether oxygens (including phenoxy) is 1. The van der Waals surface area contributed by atoms with Crippen LogP contribution in [0.5, 0.6) is 5.75 Å². The van der Waals surface area contributed by atoms with Gasteiger partial charge < -0.3 is 30.1 Å². The summed E-state index contributed by atoms with van der Waals surface area (Å²) < 4.78 is 5.59. The first-order valence-corrected chi connectivity index (χ1v) is 10.7. The van der Waals surface area contributed by atoms with E-state index in [-0.39, 0.29) is 5.91 Å². The molecule has 0 saturated carbocycles. The van der Waals surface area contributed by atoms with E-state index >= 15 is 0 Å². The molecule has 0 aliphatic carbocycles. The van der Waals surface area contributed by atoms with Crippen LogP contribution in [0.3, 0.4) is 0 Å². The summed E-state index contributed by atoms with van der Waals surface area (Å²) in [6, 6.07) is 13.4. The van der Waals surface area contributed by atoms with Gasteiger partial charge in [0.25, 0.3) is 5.91 Å². The first kappa shape index (κ1) is 22.3. The van der Waals surface area contributed by atoms with Crippen LogP contribution in [0.4, 0.5) is 34.5 Å². The smallest absolute Gasteiger partial charge is 0.260 e. The zero-order chi connectivity index (χ0) is 23.5. The number of amides is 1. The summed E-state index contributed by atoms with van der Waals surface area (Å²) in [6.07, 6.45) is 1.66. The molecule has 1 amide bonds. The molecule has 4 rings (SSSR count). The zero-order valence-corrected chi connectivity index (χ0v) is 19.6. The van der Waals surface area contributed by atoms with Crippen LogP contribution in [0.1, 0.15) is 10.4 Å². The van der Waals surface area contributed by atoms with Crippen LogP contribution in [0.2, 0.25) is 0 Å². The van der Waals surface area contributed by atoms with Crippen molar-refractivity contribution in [2.24, 2.45) is 0 Å². The molecule has 2 N–H and O–H groups in total. The topological polar surface area (TPSA) is 85.9 Å². The highest BCUT2D eigenvalue weighted by molar-refractivity contribution is 6.13. The third kappa shape index (κ3) is 4.54. The average molecular weight is 448 g/mol. The molecular formula is C24H29N7O2. The number of hydrogen-bond acceptors (Lipinski definition) is 8. The molecule has 9 nitrogen and oxygen atoms in total. The predicted octanol–water partition coefficient (Wildman–Crippen LogP) is 3.56. The average Bonchev–Trinajstić information content (AvgIpc) is 2.89. The number of hydrogen-bond donors (Lipinski definition) is 2. The van der Waals surface area contributed by atoms with Crippen molar-refractivity contribution in [3.8, 4) is 5.75 Å². The SMILES string of the molecule is COc1cc(NCCN(C)C)ccc1Nc1ncc2c(n1)N(C)c1ccccc1C(=O)N2C. The molecule has 172 valence electrons. The summed E-state index contributed by atoms with van der Waals surface area (Å²) in [4.78, 5) is 27.8. The summed E-state index contributed by atoms with van der Waals surface area (Å²) in [6.45, 7) is 1.76. The number of rotatable bonds is 7. The highest BCUT2D eigenvalue weighted by Gasteiger charge is 2.28. The lowest BCUT2D eigenvalue weighted by atomic mass is 10.1. The number of benzene rings is 2. The Balaban J connectivity index is 1.62. The van der Waals surface area contributed by atoms with Gasteiger partial charge in [-0.2, -0.15) is 4.98 Å². The lowest BCUT2D eigenvalue weighted by Crippen LogP contribution is -2.25. The van der Waals surface area contributed by atoms with Crippen molar-refractivity contribution in [3.05, 3.63) is 54.2 Å². The van der Waals surface area contributed by atoms with Gasteiger partial charge >= 0.3 is 0 Å². The fourth-order valence-corrected chi connectivity index (χ4v) is 3.71. The summed E-state index contributed by atoms with van der Waals surface area (Å²) in [5, 5.41) is 6.64. The molecule has 0 saturated heterocycles. The second-order valence-corrected chi connectivity index (χ2v) is 8.11. The van der Waals surface area contributed by atoms with E-state index in [1.165, 1.54) is 0 Å². The van der Waals surface area contributed by atoms with Crippen molar-refractivity contribution in [1.29, 1.82) is 0 Å². The molecule has 3 aromatic rings. The number of nitrogens with zero attached hydrogens (tertiary/aromatic N) is 5. The molecule has 1 aliphatic heterocycles. The molecule has 0 bridgehead atoms. The van der Waals surface area contributed by atoms with E-state index in [1.807, 2.05) is 68.5 Å². The van der Waals surface area contributed by atoms with E-state index in [2.05, 4.69) is 20.5 Å². The number of carbonyl (C=O) groups is 1. The third-order valence-corrected chi connectivity index (χ3v) is 5.57. The lowest BCUT2D eigenvalue weighted by molar-refractivity contribution is 0.0994. The lowest BCUT2D eigenvalue weighted by Gasteiger charge is -2.21. The fourth-order valence-electron chi connectivity index (χ4n) is 3.71. The Morgan fingerprint density at radius 3 is 2.61 bits per heavy atom. The molecule has 0 unspecified atom stereocenters. The second-order valence-electron chi connectivity index (χ2n) is 8.11. The summed E-state index contributed by atoms with van der Waals surface area (Å²) in [5.74, 6) is 1.62. The van der Waals surface area contributed by atoms with Crippen LogP contribution in [0.25, 0.3) is 0 Å². The molecule has 0 atom stereocenters. The normalized spacial score (nSPS) is 12.8. The van der Waals surface area contributed by atoms with Gasteiger partial charge in [0.1, 0.15) is 11.4 Å². The summed E-state index contributed by atoms with van der Waals surface area (Å²) in [7, 11) is 9.35. The van der Waals surface area contributed by atoms with E-state index in [1.54, 1.807) is 25.3 Å². The first-order chi connectivity index (χ1) is 15.9. The number of para-hydroxylation sites is 1. The van der Waals surface area contributed by atoms with Crippen molar-refractivity contribution in [1.82, 2.24) is 14.9 Å². The first-order valence-electron chi connectivity index (χ1n) is 10.7. The third-order valence-electron chi connectivity index (χ3n) is 5.57. The van der Waals surface area contributed by atoms with Gasteiger partial charge in [-0.25, -0.2) is 4.98 Å². The maximum Gasteiger partial charge on any atom is 0.260 e. The molecule has 9 heteroatoms. The largest absolute Gasteiger partial charge is 0.494 e. The standard InChI is InChI=1S/C24H29N7O2/c1-29(2)13-12-25-16-10-11-18(21(14-16)33-5)27-24-26-15-20-22(28-24)30(3)19-9-7-6-8-17(19)23(32)31(20)4/h6-11,14-15,25H,12-13H2,1-5H3,(H,26,27,28). The quantitative estimate of drug-likeness (QED) is 0.569. The maximum atomic E-state index is 13.0. The number of anilines is 6. The van der Waals surface area contributed by atoms with Gasteiger partial charge in [0.2, 0.25) is 5.95 Å². The van der Waals surface area contributed by atoms with Gasteiger partial charge in [-0.3, -0.25) is 4.79 Å². The highest BCUT2D eigenvalue weighted by atomic mass is 16.5. The van der Waals surface area contributed by atoms with Gasteiger partial charge in [0.05, 0.1) is 30.2 Å². The van der Waals surface area contributed by atoms with Crippen LogP contribution in [0.15, 0.2) is 48.7 Å². The molecule has 2 heterocycles. The molecule has 0 fully saturated rings. The summed E-state index contributed by atoms with van der Waals surface area (Å²) in [5.41, 5.74) is 3.77. The van der Waals surface area contributed by atoms with Gasteiger partial charge in [-0.05, 0) is 38.4 Å². The second kappa shape index (κ2) is 9.33. The van der Waals surface area contributed by atoms with Crippen molar-refractivity contribution >= 4 is 40.4 Å². The van der Waals surface area contributed by atoms with Crippen molar-refractivity contribution in [2.45, 2.75) is 0 Å². The number of methoxy groups -OCH3 is 1. The van der Waals surface area contributed by atoms with Crippen LogP contribution in [-0.4, -0.2) is 69.2 Å². The number of likely N-dealkylation sites (N-methyl/N-ethyl adjacent to an activating group) is 1. The fraction of sp³-hybridized carbons (Fsp3) is 0.292. The Bertz CT molecular complexity index is 1170. The van der Waals surface area contributed by atoms with E-state index in [0.717, 1.165) is 30.2 Å². The van der Waals surface area contributed by atoms with Crippen LogP contribution in [0, 0.1) is 0 Å². The van der Waals surface area contributed by atoms with E-state index in [9.17, 15) is 4.79 Å². The minimum Gasteiger partial charge on any atom is -0.494 e. The molecular weight excluding hydrogens is 418 g/mol. The zero-order valence-electron chi connectivity index (χ0n) is 19.6. The summed E-state index contributed by atoms with van der Waals surface area (Å²) >= 11 is 0. The van der Waals surface area contributed by atoms with Gasteiger partial charge in [-0.1, -0.05) is 12.1 Å². The highest BCUT2D eigenvalue weighted by Crippen LogP contribution is 2.38. The van der Waals surface area contributed by atoms with Crippen LogP contribution in [-0.2, 0) is 0 Å². The van der Waals surface area contributed by atoms with Gasteiger partial charge in [0, 0.05) is 38.9 Å². The van der Waals surface area contributed by atoms with E-state index < -0.39 is 0 Å². The Kier molecular flexibility index (Phi) is 6.32. The van der Waals surface area contributed by atoms with Crippen molar-refractivity contribution in [2.75, 3.05) is 68.8 Å². The van der Waals surface area contributed by atoms with Gasteiger partial charge in [0.15, 0.2) is 5.82 Å². The van der Waals surface area contributed by atoms with Gasteiger partial charge in [-0.15, -0.1) is 0 Å². The van der Waals surface area contributed by atoms with Crippen LogP contribution >= 0.6 is 0 Å². The molecule has 1 aromatic heterocycles. The predicted molar refractivity (Wildman–Crippen MR) is 133 cm³/mol. The van der Waals surface area contributed by atoms with Crippen molar-refractivity contribution < 1.29 is 9.53 Å². The van der Waals surface area contributed by atoms with Crippen molar-refractivity contribution in [3.63, 3.8) is 0 Å². The molecule has 0 spiro atoms.